The number of nitrogens with zero attached hydrogens (tertiary/aromatic N) is 2. The van der Waals surface area contributed by atoms with Gasteiger partial charge in [-0.1, -0.05) is 17.7 Å². The van der Waals surface area contributed by atoms with Gasteiger partial charge in [0.15, 0.2) is 0 Å². The quantitative estimate of drug-likeness (QED) is 0.633. The molecule has 1 N–H and O–H groups in total. The second-order valence-corrected chi connectivity index (χ2v) is 5.33. The maximum absolute atomic E-state index is 11.1. The van der Waals surface area contributed by atoms with E-state index >= 15 is 0 Å². The van der Waals surface area contributed by atoms with Crippen LogP contribution < -0.4 is 10.1 Å². The molecule has 0 aliphatic heterocycles. The molecule has 1 heterocycles. The molecule has 8 heteroatoms. The highest BCUT2D eigenvalue weighted by Gasteiger charge is 2.20. The topological polar surface area (TPSA) is 77.3 Å². The fraction of sp³-hybridized carbons (Fsp3) is 0.154. The monoisotopic (exact) mass is 371 g/mol. The van der Waals surface area contributed by atoms with Gasteiger partial charge in [0.05, 0.1) is 9.40 Å². The number of hydrogen-bond donors (Lipinski definition) is 1. The molecule has 0 unspecified atom stereocenters. The van der Waals surface area contributed by atoms with Gasteiger partial charge in [-0.15, -0.1) is 0 Å². The maximum Gasteiger partial charge on any atom is 0.313 e. The number of hydrogen-bond acceptors (Lipinski definition) is 5. The van der Waals surface area contributed by atoms with Crippen LogP contribution >= 0.6 is 27.5 Å². The first kappa shape index (κ1) is 15.5. The lowest BCUT2D eigenvalue weighted by molar-refractivity contribution is -0.386. The summed E-state index contributed by atoms with van der Waals surface area (Å²) in [6.07, 6.45) is 1.65. The fourth-order valence-electron chi connectivity index (χ4n) is 1.76. The zero-order valence-electron chi connectivity index (χ0n) is 11.0. The first-order valence-electron chi connectivity index (χ1n) is 5.90. The lowest BCUT2D eigenvalue weighted by Crippen LogP contribution is -2.04. The Morgan fingerprint density at radius 1 is 1.52 bits per heavy atom. The molecule has 0 spiro atoms. The molecule has 1 aromatic carbocycles. The van der Waals surface area contributed by atoms with E-state index in [1.54, 1.807) is 25.4 Å². The van der Waals surface area contributed by atoms with Gasteiger partial charge in [-0.3, -0.25) is 10.1 Å². The van der Waals surface area contributed by atoms with E-state index in [2.05, 4.69) is 26.2 Å². The highest BCUT2D eigenvalue weighted by molar-refractivity contribution is 9.10. The molecule has 110 valence electrons. The molecule has 0 amide bonds. The Morgan fingerprint density at radius 2 is 2.29 bits per heavy atom. The van der Waals surface area contributed by atoms with Gasteiger partial charge in [0, 0.05) is 29.9 Å². The highest BCUT2D eigenvalue weighted by Crippen LogP contribution is 2.38. The van der Waals surface area contributed by atoms with Crippen molar-refractivity contribution < 1.29 is 9.66 Å². The number of halogens is 2. The van der Waals surface area contributed by atoms with Crippen LogP contribution in [0.1, 0.15) is 5.56 Å². The van der Waals surface area contributed by atoms with Gasteiger partial charge in [0.25, 0.3) is 0 Å². The number of nitro groups is 1. The van der Waals surface area contributed by atoms with Crippen LogP contribution in [0.3, 0.4) is 0 Å². The van der Waals surface area contributed by atoms with Gasteiger partial charge in [0.2, 0.25) is 5.75 Å². The molecular formula is C13H11BrClN3O3. The van der Waals surface area contributed by atoms with E-state index in [-0.39, 0.29) is 23.1 Å². The van der Waals surface area contributed by atoms with Gasteiger partial charge in [-0.25, -0.2) is 4.98 Å². The minimum Gasteiger partial charge on any atom is -0.481 e. The summed E-state index contributed by atoms with van der Waals surface area (Å²) in [5.41, 5.74) is 0.598. The predicted octanol–water partition coefficient (Wildman–Crippen LogP) is 4.03. The molecule has 6 nitrogen and oxygen atoms in total. The molecule has 0 radical (unpaired) electrons. The van der Waals surface area contributed by atoms with E-state index in [9.17, 15) is 10.1 Å². The number of pyridine rings is 1. The number of benzene rings is 1. The minimum absolute atomic E-state index is 0.135. The molecule has 0 saturated carbocycles. The van der Waals surface area contributed by atoms with E-state index in [0.29, 0.717) is 10.3 Å². The smallest absolute Gasteiger partial charge is 0.313 e. The fourth-order valence-corrected chi connectivity index (χ4v) is 2.66. The van der Waals surface area contributed by atoms with Gasteiger partial charge in [0.1, 0.15) is 12.4 Å². The largest absolute Gasteiger partial charge is 0.481 e. The van der Waals surface area contributed by atoms with E-state index in [1.807, 2.05) is 6.07 Å². The van der Waals surface area contributed by atoms with Crippen LogP contribution in [0.5, 0.6) is 5.75 Å². The lowest BCUT2D eigenvalue weighted by Gasteiger charge is -2.11. The number of nitrogens with one attached hydrogen (secondary N) is 1. The van der Waals surface area contributed by atoms with Crippen molar-refractivity contribution in [1.29, 1.82) is 0 Å². The molecular weight excluding hydrogens is 362 g/mol. The van der Waals surface area contributed by atoms with Crippen LogP contribution in [0.25, 0.3) is 0 Å². The highest BCUT2D eigenvalue weighted by atomic mass is 79.9. The third-order valence-corrected chi connectivity index (χ3v) is 3.49. The predicted molar refractivity (Wildman–Crippen MR) is 83.9 cm³/mol. The third-order valence-electron chi connectivity index (χ3n) is 2.69. The lowest BCUT2D eigenvalue weighted by atomic mass is 10.2. The van der Waals surface area contributed by atoms with Crippen LogP contribution in [-0.4, -0.2) is 17.0 Å². The van der Waals surface area contributed by atoms with Crippen LogP contribution in [0.2, 0.25) is 5.02 Å². The van der Waals surface area contributed by atoms with Crippen molar-refractivity contribution >= 4 is 39.0 Å². The number of nitro benzene ring substituents is 1. The normalized spacial score (nSPS) is 10.2. The van der Waals surface area contributed by atoms with Crippen LogP contribution in [0, 0.1) is 10.1 Å². The van der Waals surface area contributed by atoms with E-state index in [1.165, 1.54) is 6.07 Å². The van der Waals surface area contributed by atoms with Crippen LogP contribution in [0.15, 0.2) is 34.9 Å². The van der Waals surface area contributed by atoms with E-state index < -0.39 is 4.92 Å². The average Bonchev–Trinajstić information content (AvgIpc) is 2.45. The Bertz CT molecular complexity index is 682. The standard InChI is InChI=1S/C13H11BrClN3O3/c1-16-13-8(3-2-4-17-13)7-21-12-10(14)5-9(15)6-11(12)18(19)20/h2-6H,7H2,1H3,(H,16,17). The number of aromatic nitrogens is 1. The van der Waals surface area contributed by atoms with Gasteiger partial charge >= 0.3 is 5.69 Å². The minimum atomic E-state index is -0.534. The van der Waals surface area contributed by atoms with Crippen molar-refractivity contribution in [2.45, 2.75) is 6.61 Å². The second kappa shape index (κ2) is 6.73. The molecule has 0 saturated heterocycles. The Kier molecular flexibility index (Phi) is 4.98. The summed E-state index contributed by atoms with van der Waals surface area (Å²) >= 11 is 9.05. The Balaban J connectivity index is 2.30. The summed E-state index contributed by atoms with van der Waals surface area (Å²) in [5.74, 6) is 0.792. The first-order chi connectivity index (χ1) is 10.0. The zero-order valence-corrected chi connectivity index (χ0v) is 13.3. The SMILES string of the molecule is CNc1ncccc1COc1c(Br)cc(Cl)cc1[N+](=O)[O-]. The van der Waals surface area contributed by atoms with Crippen molar-refractivity contribution in [3.05, 3.63) is 55.6 Å². The Morgan fingerprint density at radius 3 is 2.95 bits per heavy atom. The Labute approximate surface area is 134 Å². The summed E-state index contributed by atoms with van der Waals surface area (Å²) < 4.78 is 6.01. The van der Waals surface area contributed by atoms with Crippen LogP contribution in [-0.2, 0) is 6.61 Å². The zero-order chi connectivity index (χ0) is 15.4. The van der Waals surface area contributed by atoms with Crippen molar-refractivity contribution in [3.8, 4) is 5.75 Å². The summed E-state index contributed by atoms with van der Waals surface area (Å²) in [7, 11) is 1.74. The molecule has 0 atom stereocenters. The molecule has 0 bridgehead atoms. The number of anilines is 1. The van der Waals surface area contributed by atoms with Gasteiger partial charge in [-0.2, -0.15) is 0 Å². The summed E-state index contributed by atoms with van der Waals surface area (Å²) in [4.78, 5) is 14.7. The molecule has 0 aliphatic rings. The van der Waals surface area contributed by atoms with E-state index in [4.69, 9.17) is 16.3 Å². The van der Waals surface area contributed by atoms with Crippen molar-refractivity contribution in [1.82, 2.24) is 4.98 Å². The van der Waals surface area contributed by atoms with Crippen LogP contribution in [0.4, 0.5) is 11.5 Å². The summed E-state index contributed by atoms with van der Waals surface area (Å²) in [6.45, 7) is 0.144. The van der Waals surface area contributed by atoms with Gasteiger partial charge in [-0.05, 0) is 28.1 Å². The van der Waals surface area contributed by atoms with Crippen molar-refractivity contribution in [2.75, 3.05) is 12.4 Å². The van der Waals surface area contributed by atoms with Gasteiger partial charge < -0.3 is 10.1 Å². The molecule has 2 rings (SSSR count). The average molecular weight is 373 g/mol. The molecule has 2 aromatic rings. The second-order valence-electron chi connectivity index (χ2n) is 4.04. The summed E-state index contributed by atoms with van der Waals surface area (Å²) in [5, 5.41) is 14.3. The molecule has 21 heavy (non-hydrogen) atoms. The Hall–Kier alpha value is -1.86. The molecule has 1 aromatic heterocycles. The maximum atomic E-state index is 11.1. The van der Waals surface area contributed by atoms with Crippen molar-refractivity contribution in [2.24, 2.45) is 0 Å². The molecule has 0 aliphatic carbocycles. The van der Waals surface area contributed by atoms with Crippen molar-refractivity contribution in [3.63, 3.8) is 0 Å². The molecule has 0 fully saturated rings. The van der Waals surface area contributed by atoms with E-state index in [0.717, 1.165) is 5.56 Å². The number of rotatable bonds is 5. The summed E-state index contributed by atoms with van der Waals surface area (Å²) in [6, 6.07) is 6.40. The third kappa shape index (κ3) is 3.62. The first-order valence-corrected chi connectivity index (χ1v) is 7.08. The number of ether oxygens (including phenoxy) is 1.